The van der Waals surface area contributed by atoms with Gasteiger partial charge in [-0.15, -0.1) is 0 Å². The Morgan fingerprint density at radius 3 is 2.22 bits per heavy atom. The Kier molecular flexibility index (Phi) is 4.65. The van der Waals surface area contributed by atoms with Crippen LogP contribution in [0.1, 0.15) is 35.4 Å². The van der Waals surface area contributed by atoms with E-state index < -0.39 is 11.9 Å². The van der Waals surface area contributed by atoms with E-state index in [0.29, 0.717) is 6.42 Å². The van der Waals surface area contributed by atoms with Gasteiger partial charge in [-0.05, 0) is 49.4 Å². The van der Waals surface area contributed by atoms with E-state index in [1.807, 2.05) is 31.2 Å². The van der Waals surface area contributed by atoms with Crippen LogP contribution < -0.4 is 4.90 Å². The molecule has 0 aromatic heterocycles. The Bertz CT molecular complexity index is 655. The fourth-order valence-electron chi connectivity index (χ4n) is 3.20. The van der Waals surface area contributed by atoms with E-state index in [9.17, 15) is 9.90 Å². The van der Waals surface area contributed by atoms with Crippen molar-refractivity contribution in [2.45, 2.75) is 32.1 Å². The zero-order valence-corrected chi connectivity index (χ0v) is 13.5. The molecule has 1 saturated heterocycles. The van der Waals surface area contributed by atoms with Crippen LogP contribution in [0.2, 0.25) is 0 Å². The maximum absolute atomic E-state index is 11.7. The second kappa shape index (κ2) is 6.86. The Morgan fingerprint density at radius 2 is 1.65 bits per heavy atom. The molecule has 1 atom stereocenters. The number of carboxylic acid groups (broad SMARTS) is 1. The molecule has 1 unspecified atom stereocenters. The first-order chi connectivity index (χ1) is 11.1. The fraction of sp³-hybridized carbons (Fsp3) is 0.350. The van der Waals surface area contributed by atoms with Crippen molar-refractivity contribution < 1.29 is 9.90 Å². The Balaban J connectivity index is 1.75. The molecule has 0 radical (unpaired) electrons. The van der Waals surface area contributed by atoms with E-state index in [2.05, 4.69) is 29.2 Å². The van der Waals surface area contributed by atoms with E-state index in [1.165, 1.54) is 18.5 Å². The van der Waals surface area contributed by atoms with Crippen molar-refractivity contribution in [3.63, 3.8) is 0 Å². The van der Waals surface area contributed by atoms with Gasteiger partial charge < -0.3 is 10.0 Å². The van der Waals surface area contributed by atoms with Crippen LogP contribution in [0.4, 0.5) is 5.69 Å². The van der Waals surface area contributed by atoms with Gasteiger partial charge in [-0.1, -0.05) is 42.0 Å². The highest BCUT2D eigenvalue weighted by Crippen LogP contribution is 2.25. The van der Waals surface area contributed by atoms with Crippen LogP contribution in [0, 0.1) is 6.92 Å². The minimum absolute atomic E-state index is 0.492. The van der Waals surface area contributed by atoms with Crippen LogP contribution in [0.3, 0.4) is 0 Å². The van der Waals surface area contributed by atoms with Gasteiger partial charge >= 0.3 is 5.97 Å². The van der Waals surface area contributed by atoms with Crippen molar-refractivity contribution in [3.05, 3.63) is 65.2 Å². The highest BCUT2D eigenvalue weighted by molar-refractivity contribution is 5.76. The molecule has 0 aliphatic carbocycles. The first-order valence-electron chi connectivity index (χ1n) is 8.27. The van der Waals surface area contributed by atoms with Gasteiger partial charge in [0.05, 0.1) is 5.92 Å². The third kappa shape index (κ3) is 3.73. The Labute approximate surface area is 137 Å². The van der Waals surface area contributed by atoms with Crippen molar-refractivity contribution in [2.24, 2.45) is 0 Å². The molecule has 0 saturated carbocycles. The van der Waals surface area contributed by atoms with Crippen LogP contribution in [-0.2, 0) is 11.2 Å². The molecule has 23 heavy (non-hydrogen) atoms. The van der Waals surface area contributed by atoms with Crippen molar-refractivity contribution in [3.8, 4) is 0 Å². The number of hydrogen-bond acceptors (Lipinski definition) is 2. The SMILES string of the molecule is Cc1ccc(C(Cc2ccc(N3CCCC3)cc2)C(=O)O)cc1. The maximum atomic E-state index is 11.7. The minimum Gasteiger partial charge on any atom is -0.481 e. The number of aryl methyl sites for hydroxylation is 1. The summed E-state index contributed by atoms with van der Waals surface area (Å²) >= 11 is 0. The summed E-state index contributed by atoms with van der Waals surface area (Å²) in [6.07, 6.45) is 3.05. The second-order valence-electron chi connectivity index (χ2n) is 6.37. The van der Waals surface area contributed by atoms with Crippen LogP contribution in [-0.4, -0.2) is 24.2 Å². The summed E-state index contributed by atoms with van der Waals surface area (Å²) in [6.45, 7) is 4.26. The van der Waals surface area contributed by atoms with Crippen LogP contribution in [0.5, 0.6) is 0 Å². The van der Waals surface area contributed by atoms with E-state index >= 15 is 0 Å². The number of hydrogen-bond donors (Lipinski definition) is 1. The highest BCUT2D eigenvalue weighted by Gasteiger charge is 2.20. The fourth-order valence-corrected chi connectivity index (χ4v) is 3.20. The number of benzene rings is 2. The lowest BCUT2D eigenvalue weighted by Crippen LogP contribution is -2.17. The molecule has 1 aliphatic heterocycles. The van der Waals surface area contributed by atoms with Gasteiger partial charge in [-0.3, -0.25) is 4.79 Å². The summed E-state index contributed by atoms with van der Waals surface area (Å²) < 4.78 is 0. The standard InChI is InChI=1S/C20H23NO2/c1-15-4-8-17(9-5-15)19(20(22)23)14-16-6-10-18(11-7-16)21-12-2-3-13-21/h4-11,19H,2-3,12-14H2,1H3,(H,22,23). The summed E-state index contributed by atoms with van der Waals surface area (Å²) in [4.78, 5) is 14.0. The molecule has 1 fully saturated rings. The monoisotopic (exact) mass is 309 g/mol. The normalized spacial score (nSPS) is 15.6. The molecule has 120 valence electrons. The lowest BCUT2D eigenvalue weighted by atomic mass is 9.91. The summed E-state index contributed by atoms with van der Waals surface area (Å²) in [5.74, 6) is -1.26. The molecule has 0 spiro atoms. The molecule has 1 heterocycles. The van der Waals surface area contributed by atoms with E-state index in [0.717, 1.165) is 29.8 Å². The molecule has 3 nitrogen and oxygen atoms in total. The largest absolute Gasteiger partial charge is 0.481 e. The summed E-state index contributed by atoms with van der Waals surface area (Å²) in [5, 5.41) is 9.58. The number of nitrogens with zero attached hydrogens (tertiary/aromatic N) is 1. The van der Waals surface area contributed by atoms with Crippen LogP contribution in [0.15, 0.2) is 48.5 Å². The zero-order valence-electron chi connectivity index (χ0n) is 13.5. The minimum atomic E-state index is -0.766. The number of anilines is 1. The lowest BCUT2D eigenvalue weighted by molar-refractivity contribution is -0.138. The van der Waals surface area contributed by atoms with Gasteiger partial charge in [0.25, 0.3) is 0 Å². The molecule has 3 rings (SSSR count). The molecule has 0 bridgehead atoms. The maximum Gasteiger partial charge on any atom is 0.311 e. The van der Waals surface area contributed by atoms with Crippen molar-refractivity contribution >= 4 is 11.7 Å². The molecule has 2 aromatic rings. The summed E-state index contributed by atoms with van der Waals surface area (Å²) in [6, 6.07) is 16.2. The van der Waals surface area contributed by atoms with Crippen LogP contribution >= 0.6 is 0 Å². The van der Waals surface area contributed by atoms with Crippen molar-refractivity contribution in [2.75, 3.05) is 18.0 Å². The molecular weight excluding hydrogens is 286 g/mol. The average Bonchev–Trinajstić information content (AvgIpc) is 3.08. The van der Waals surface area contributed by atoms with Gasteiger partial charge in [0.15, 0.2) is 0 Å². The quantitative estimate of drug-likeness (QED) is 0.907. The van der Waals surface area contributed by atoms with E-state index in [1.54, 1.807) is 0 Å². The van der Waals surface area contributed by atoms with Gasteiger partial charge in [0.1, 0.15) is 0 Å². The molecule has 3 heteroatoms. The highest BCUT2D eigenvalue weighted by atomic mass is 16.4. The molecular formula is C20H23NO2. The molecule has 1 N–H and O–H groups in total. The third-order valence-corrected chi connectivity index (χ3v) is 4.63. The van der Waals surface area contributed by atoms with Crippen LogP contribution in [0.25, 0.3) is 0 Å². The number of carboxylic acids is 1. The van der Waals surface area contributed by atoms with Gasteiger partial charge in [0, 0.05) is 18.8 Å². The number of rotatable bonds is 5. The van der Waals surface area contributed by atoms with Crippen molar-refractivity contribution in [1.29, 1.82) is 0 Å². The van der Waals surface area contributed by atoms with Crippen molar-refractivity contribution in [1.82, 2.24) is 0 Å². The molecule has 2 aromatic carbocycles. The summed E-state index contributed by atoms with van der Waals surface area (Å²) in [5.41, 5.74) is 4.33. The molecule has 1 aliphatic rings. The second-order valence-corrected chi connectivity index (χ2v) is 6.37. The molecule has 0 amide bonds. The van der Waals surface area contributed by atoms with E-state index in [-0.39, 0.29) is 0 Å². The van der Waals surface area contributed by atoms with Gasteiger partial charge in [-0.25, -0.2) is 0 Å². The predicted octanol–water partition coefficient (Wildman–Crippen LogP) is 4.01. The lowest BCUT2D eigenvalue weighted by Gasteiger charge is -2.18. The first-order valence-corrected chi connectivity index (χ1v) is 8.27. The van der Waals surface area contributed by atoms with Gasteiger partial charge in [0.2, 0.25) is 0 Å². The number of aliphatic carboxylic acids is 1. The van der Waals surface area contributed by atoms with Gasteiger partial charge in [-0.2, -0.15) is 0 Å². The average molecular weight is 309 g/mol. The third-order valence-electron chi connectivity index (χ3n) is 4.63. The van der Waals surface area contributed by atoms with E-state index in [4.69, 9.17) is 0 Å². The Hall–Kier alpha value is -2.29. The predicted molar refractivity (Wildman–Crippen MR) is 93.1 cm³/mol. The summed E-state index contributed by atoms with van der Waals surface area (Å²) in [7, 11) is 0. The first kappa shape index (κ1) is 15.6. The Morgan fingerprint density at radius 1 is 1.04 bits per heavy atom. The smallest absolute Gasteiger partial charge is 0.311 e. The number of carbonyl (C=O) groups is 1. The zero-order chi connectivity index (χ0) is 16.2. The topological polar surface area (TPSA) is 40.5 Å².